The van der Waals surface area contributed by atoms with E-state index in [2.05, 4.69) is 29.6 Å². The maximum atomic E-state index is 12.4. The van der Waals surface area contributed by atoms with Crippen LogP contribution in [-0.4, -0.2) is 23.8 Å². The first-order valence-corrected chi connectivity index (χ1v) is 10.3. The summed E-state index contributed by atoms with van der Waals surface area (Å²) < 4.78 is 6.41. The number of aromatic carboxylic acids is 1. The van der Waals surface area contributed by atoms with Gasteiger partial charge in [0.05, 0.1) is 0 Å². The Balaban J connectivity index is 1.31. The van der Waals surface area contributed by atoms with E-state index in [0.29, 0.717) is 5.69 Å². The molecule has 3 aromatic carbocycles. The van der Waals surface area contributed by atoms with Gasteiger partial charge in [0.25, 0.3) is 0 Å². The molecule has 1 aliphatic carbocycles. The highest BCUT2D eigenvalue weighted by Crippen LogP contribution is 2.44. The van der Waals surface area contributed by atoms with E-state index in [1.807, 2.05) is 24.3 Å². The van der Waals surface area contributed by atoms with Crippen molar-refractivity contribution in [3.63, 3.8) is 0 Å². The molecule has 5 rings (SSSR count). The minimum absolute atomic E-state index is 0.000582. The summed E-state index contributed by atoms with van der Waals surface area (Å²) in [6.45, 7) is 0.240. The van der Waals surface area contributed by atoms with E-state index >= 15 is 0 Å². The number of anilines is 1. The fraction of sp³-hybridized carbons (Fsp3) is 0.0833. The van der Waals surface area contributed by atoms with Gasteiger partial charge in [0.2, 0.25) is 0 Å². The maximum Gasteiger partial charge on any atom is 0.411 e. The van der Waals surface area contributed by atoms with Gasteiger partial charge in [0.15, 0.2) is 0 Å². The van der Waals surface area contributed by atoms with Gasteiger partial charge in [-0.2, -0.15) is 0 Å². The van der Waals surface area contributed by atoms with Crippen LogP contribution >= 0.6 is 11.3 Å². The number of thiophene rings is 1. The first-order valence-electron chi connectivity index (χ1n) is 9.49. The summed E-state index contributed by atoms with van der Waals surface area (Å²) in [6, 6.07) is 23.3. The van der Waals surface area contributed by atoms with E-state index in [1.165, 1.54) is 22.5 Å². The average Bonchev–Trinajstić information content (AvgIpc) is 3.31. The van der Waals surface area contributed by atoms with E-state index in [9.17, 15) is 9.59 Å². The van der Waals surface area contributed by atoms with Crippen molar-refractivity contribution in [2.75, 3.05) is 11.9 Å². The maximum absolute atomic E-state index is 12.4. The minimum Gasteiger partial charge on any atom is -0.477 e. The highest BCUT2D eigenvalue weighted by atomic mass is 32.1. The van der Waals surface area contributed by atoms with Crippen LogP contribution in [0.4, 0.5) is 10.5 Å². The van der Waals surface area contributed by atoms with Gasteiger partial charge in [-0.25, -0.2) is 9.59 Å². The zero-order chi connectivity index (χ0) is 20.7. The molecule has 4 aromatic rings. The summed E-state index contributed by atoms with van der Waals surface area (Å²) >= 11 is 1.20. The minimum atomic E-state index is -0.956. The van der Waals surface area contributed by atoms with Crippen molar-refractivity contribution < 1.29 is 19.4 Å². The van der Waals surface area contributed by atoms with Gasteiger partial charge in [0.1, 0.15) is 11.5 Å². The highest BCUT2D eigenvalue weighted by Gasteiger charge is 2.29. The number of carboxylic acid groups (broad SMARTS) is 1. The molecule has 5 nitrogen and oxygen atoms in total. The molecule has 2 N–H and O–H groups in total. The molecule has 0 saturated carbocycles. The van der Waals surface area contributed by atoms with Crippen LogP contribution in [0.2, 0.25) is 0 Å². The predicted molar refractivity (Wildman–Crippen MR) is 117 cm³/mol. The molecule has 1 amide bonds. The Labute approximate surface area is 176 Å². The molecule has 0 unspecified atom stereocenters. The third-order valence-corrected chi connectivity index (χ3v) is 6.42. The third-order valence-electron chi connectivity index (χ3n) is 5.32. The van der Waals surface area contributed by atoms with Crippen molar-refractivity contribution in [1.82, 2.24) is 0 Å². The number of amides is 1. The number of benzene rings is 3. The van der Waals surface area contributed by atoms with Crippen LogP contribution < -0.4 is 5.32 Å². The molecule has 30 heavy (non-hydrogen) atoms. The van der Waals surface area contributed by atoms with Crippen LogP contribution in [0.15, 0.2) is 72.8 Å². The molecule has 6 heteroatoms. The van der Waals surface area contributed by atoms with E-state index in [4.69, 9.17) is 9.84 Å². The number of carboxylic acids is 1. The Bertz CT molecular complexity index is 1250. The molecule has 1 aromatic heterocycles. The Kier molecular flexibility index (Phi) is 4.48. The topological polar surface area (TPSA) is 75.6 Å². The number of hydrogen-bond donors (Lipinski definition) is 2. The molecule has 0 saturated heterocycles. The molecule has 0 bridgehead atoms. The average molecular weight is 415 g/mol. The van der Waals surface area contributed by atoms with Gasteiger partial charge in [-0.3, -0.25) is 5.32 Å². The molecule has 1 heterocycles. The number of carbonyl (C=O) groups excluding carboxylic acids is 1. The molecule has 0 atom stereocenters. The standard InChI is InChI=1S/C24H17NO4S/c26-23(27)22-12-14-11-15(9-10-21(14)30-22)25-24(28)29-13-20-18-7-3-1-5-16(18)17-6-2-4-8-19(17)20/h1-12,20H,13H2,(H,25,28)(H,26,27). The van der Waals surface area contributed by atoms with Gasteiger partial charge in [-0.05, 0) is 51.9 Å². The van der Waals surface area contributed by atoms with Crippen LogP contribution in [0, 0.1) is 0 Å². The number of ether oxygens (including phenoxy) is 1. The smallest absolute Gasteiger partial charge is 0.411 e. The van der Waals surface area contributed by atoms with Crippen molar-refractivity contribution in [2.45, 2.75) is 5.92 Å². The van der Waals surface area contributed by atoms with Crippen LogP contribution in [0.25, 0.3) is 21.2 Å². The van der Waals surface area contributed by atoms with Crippen molar-refractivity contribution in [1.29, 1.82) is 0 Å². The molecule has 0 fully saturated rings. The van der Waals surface area contributed by atoms with E-state index in [1.54, 1.807) is 24.3 Å². The van der Waals surface area contributed by atoms with Crippen molar-refractivity contribution in [3.05, 3.63) is 88.8 Å². The zero-order valence-electron chi connectivity index (χ0n) is 15.8. The van der Waals surface area contributed by atoms with Crippen molar-refractivity contribution >= 4 is 39.2 Å². The van der Waals surface area contributed by atoms with Crippen LogP contribution in [0.1, 0.15) is 26.7 Å². The van der Waals surface area contributed by atoms with Gasteiger partial charge < -0.3 is 9.84 Å². The highest BCUT2D eigenvalue weighted by molar-refractivity contribution is 7.20. The van der Waals surface area contributed by atoms with Gasteiger partial charge in [0, 0.05) is 16.3 Å². The summed E-state index contributed by atoms with van der Waals surface area (Å²) in [7, 11) is 0. The molecule has 148 valence electrons. The van der Waals surface area contributed by atoms with Crippen molar-refractivity contribution in [3.8, 4) is 11.1 Å². The lowest BCUT2D eigenvalue weighted by Gasteiger charge is -2.14. The third kappa shape index (κ3) is 3.21. The second-order valence-electron chi connectivity index (χ2n) is 7.12. The quantitative estimate of drug-likeness (QED) is 0.431. The number of hydrogen-bond acceptors (Lipinski definition) is 4. The first-order chi connectivity index (χ1) is 14.6. The molecule has 0 radical (unpaired) electrons. The normalized spacial score (nSPS) is 12.4. The van der Waals surface area contributed by atoms with Gasteiger partial charge >= 0.3 is 12.1 Å². The fourth-order valence-corrected chi connectivity index (χ4v) is 4.86. The second kappa shape index (κ2) is 7.31. The number of rotatable bonds is 4. The van der Waals surface area contributed by atoms with Crippen LogP contribution in [-0.2, 0) is 4.74 Å². The Morgan fingerprint density at radius 3 is 2.27 bits per heavy atom. The number of carbonyl (C=O) groups is 2. The lowest BCUT2D eigenvalue weighted by atomic mass is 9.98. The SMILES string of the molecule is O=C(Nc1ccc2sc(C(=O)O)cc2c1)OCC1c2ccccc2-c2ccccc21. The van der Waals surface area contributed by atoms with Crippen LogP contribution in [0.5, 0.6) is 0 Å². The van der Waals surface area contributed by atoms with Crippen LogP contribution in [0.3, 0.4) is 0 Å². The molecule has 0 aliphatic heterocycles. The summed E-state index contributed by atoms with van der Waals surface area (Å²) in [5.74, 6) is -0.956. The Morgan fingerprint density at radius 1 is 0.933 bits per heavy atom. The van der Waals surface area contributed by atoms with E-state index in [-0.39, 0.29) is 17.4 Å². The summed E-state index contributed by atoms with van der Waals surface area (Å²) in [4.78, 5) is 23.8. The molecule has 0 spiro atoms. The molecule has 1 aliphatic rings. The zero-order valence-corrected chi connectivity index (χ0v) is 16.6. The largest absolute Gasteiger partial charge is 0.477 e. The molecular formula is C24H17NO4S. The Hall–Kier alpha value is -3.64. The monoisotopic (exact) mass is 415 g/mol. The fourth-order valence-electron chi connectivity index (χ4n) is 3.98. The summed E-state index contributed by atoms with van der Waals surface area (Å²) in [5, 5.41) is 12.6. The van der Waals surface area contributed by atoms with Gasteiger partial charge in [-0.15, -0.1) is 11.3 Å². The summed E-state index contributed by atoms with van der Waals surface area (Å²) in [5.41, 5.74) is 5.24. The van der Waals surface area contributed by atoms with Crippen molar-refractivity contribution in [2.24, 2.45) is 0 Å². The second-order valence-corrected chi connectivity index (χ2v) is 8.20. The lowest BCUT2D eigenvalue weighted by Crippen LogP contribution is -2.17. The summed E-state index contributed by atoms with van der Waals surface area (Å²) in [6.07, 6.45) is -0.537. The van der Waals surface area contributed by atoms with E-state index in [0.717, 1.165) is 21.2 Å². The molecular weight excluding hydrogens is 398 g/mol. The van der Waals surface area contributed by atoms with Gasteiger partial charge in [-0.1, -0.05) is 48.5 Å². The first kappa shape index (κ1) is 18.4. The predicted octanol–water partition coefficient (Wildman–Crippen LogP) is 5.96. The number of fused-ring (bicyclic) bond motifs is 4. The van der Waals surface area contributed by atoms with E-state index < -0.39 is 12.1 Å². The number of nitrogens with one attached hydrogen (secondary N) is 1. The lowest BCUT2D eigenvalue weighted by molar-refractivity contribution is 0.0702. The Morgan fingerprint density at radius 2 is 1.60 bits per heavy atom.